The maximum atomic E-state index is 14.0. The predicted octanol–water partition coefficient (Wildman–Crippen LogP) is 5.86. The Morgan fingerprint density at radius 1 is 1.15 bits per heavy atom. The van der Waals surface area contributed by atoms with Crippen LogP contribution in [-0.2, 0) is 22.5 Å². The number of nitrogens with one attached hydrogen (secondary N) is 1. The zero-order valence-corrected chi connectivity index (χ0v) is 22.7. The average Bonchev–Trinajstić information content (AvgIpc) is 2.96. The number of Topliss-reactive ketones (excluding diaryl/α,β-unsaturated/α-hetero) is 1. The van der Waals surface area contributed by atoms with Gasteiger partial charge in [-0.1, -0.05) is 23.7 Å². The standard InChI is InChI=1S/C30H28ClFN4O4/c1-19-15-24(8-9-27(19)40-28-25(32)3-2-12-33-28)35-30-34-17-22(16-26(37)21-10-13-39-14-11-21)29(38)36(30)18-20-4-6-23(31)7-5-20/h2-9,12,15,17,21H,10-11,13-14,16,18H2,1H3,(H,34,35). The van der Waals surface area contributed by atoms with E-state index < -0.39 is 5.82 Å². The van der Waals surface area contributed by atoms with Gasteiger partial charge in [-0.15, -0.1) is 0 Å². The molecular formula is C30H28ClFN4O4. The molecule has 0 radical (unpaired) electrons. The van der Waals surface area contributed by atoms with Gasteiger partial charge in [0.2, 0.25) is 5.95 Å². The number of ketones is 1. The summed E-state index contributed by atoms with van der Waals surface area (Å²) in [5.41, 5.74) is 2.26. The molecule has 10 heteroatoms. The van der Waals surface area contributed by atoms with Crippen LogP contribution in [0.15, 0.2) is 71.8 Å². The third-order valence-electron chi connectivity index (χ3n) is 6.78. The van der Waals surface area contributed by atoms with Crippen LogP contribution in [0.2, 0.25) is 5.02 Å². The molecule has 0 aliphatic carbocycles. The fourth-order valence-corrected chi connectivity index (χ4v) is 4.67. The fourth-order valence-electron chi connectivity index (χ4n) is 4.55. The van der Waals surface area contributed by atoms with Gasteiger partial charge in [0.25, 0.3) is 11.4 Å². The van der Waals surface area contributed by atoms with Gasteiger partial charge in [0.1, 0.15) is 11.5 Å². The molecule has 0 spiro atoms. The van der Waals surface area contributed by atoms with Gasteiger partial charge in [-0.05, 0) is 73.4 Å². The molecule has 5 rings (SSSR count). The van der Waals surface area contributed by atoms with Crippen molar-refractivity contribution in [3.05, 3.63) is 105 Å². The summed E-state index contributed by atoms with van der Waals surface area (Å²) < 4.78 is 26.5. The van der Waals surface area contributed by atoms with E-state index in [9.17, 15) is 14.0 Å². The second-order valence-electron chi connectivity index (χ2n) is 9.65. The number of halogens is 2. The number of hydrogen-bond acceptors (Lipinski definition) is 7. The molecule has 0 atom stereocenters. The number of anilines is 2. The summed E-state index contributed by atoms with van der Waals surface area (Å²) in [4.78, 5) is 35.0. The molecule has 1 N–H and O–H groups in total. The quantitative estimate of drug-likeness (QED) is 0.273. The SMILES string of the molecule is Cc1cc(Nc2ncc(CC(=O)C3CCOCC3)c(=O)n2Cc2ccc(Cl)cc2)ccc1Oc1ncccc1F. The van der Waals surface area contributed by atoms with Gasteiger partial charge in [0, 0.05) is 54.2 Å². The second kappa shape index (κ2) is 12.4. The molecule has 206 valence electrons. The number of ether oxygens (including phenoxy) is 2. The average molecular weight is 563 g/mol. The van der Waals surface area contributed by atoms with Crippen molar-refractivity contribution in [2.45, 2.75) is 32.7 Å². The van der Waals surface area contributed by atoms with Gasteiger partial charge >= 0.3 is 0 Å². The molecule has 1 aliphatic heterocycles. The number of aryl methyl sites for hydroxylation is 1. The Bertz CT molecular complexity index is 1570. The molecule has 1 saturated heterocycles. The highest BCUT2D eigenvalue weighted by atomic mass is 35.5. The lowest BCUT2D eigenvalue weighted by molar-refractivity contribution is -0.125. The molecule has 3 heterocycles. The summed E-state index contributed by atoms with van der Waals surface area (Å²) in [6, 6.07) is 15.2. The molecule has 1 aliphatic rings. The number of nitrogens with zero attached hydrogens (tertiary/aromatic N) is 3. The van der Waals surface area contributed by atoms with Crippen LogP contribution in [-0.4, -0.2) is 33.5 Å². The van der Waals surface area contributed by atoms with Crippen molar-refractivity contribution in [3.8, 4) is 11.6 Å². The van der Waals surface area contributed by atoms with Crippen LogP contribution in [0.25, 0.3) is 0 Å². The molecule has 0 unspecified atom stereocenters. The number of carbonyl (C=O) groups excluding carboxylic acids is 1. The van der Waals surface area contributed by atoms with Crippen LogP contribution < -0.4 is 15.6 Å². The number of pyridine rings is 1. The van der Waals surface area contributed by atoms with Crippen molar-refractivity contribution in [3.63, 3.8) is 0 Å². The predicted molar refractivity (Wildman–Crippen MR) is 150 cm³/mol. The number of carbonyl (C=O) groups is 1. The molecule has 40 heavy (non-hydrogen) atoms. The summed E-state index contributed by atoms with van der Waals surface area (Å²) in [6.07, 6.45) is 4.27. The van der Waals surface area contributed by atoms with Crippen molar-refractivity contribution in [2.24, 2.45) is 5.92 Å². The normalized spacial score (nSPS) is 13.7. The third-order valence-corrected chi connectivity index (χ3v) is 7.03. The molecule has 8 nitrogen and oxygen atoms in total. The molecule has 2 aromatic carbocycles. The Kier molecular flexibility index (Phi) is 8.52. The minimum absolute atomic E-state index is 0.0205. The van der Waals surface area contributed by atoms with Crippen molar-refractivity contribution < 1.29 is 18.7 Å². The Labute approximate surface area is 235 Å². The van der Waals surface area contributed by atoms with E-state index >= 15 is 0 Å². The molecular weight excluding hydrogens is 535 g/mol. The van der Waals surface area contributed by atoms with E-state index in [0.717, 1.165) is 11.1 Å². The smallest absolute Gasteiger partial charge is 0.258 e. The van der Waals surface area contributed by atoms with Crippen LogP contribution in [0.3, 0.4) is 0 Å². The monoisotopic (exact) mass is 562 g/mol. The first-order chi connectivity index (χ1) is 19.4. The number of benzene rings is 2. The third kappa shape index (κ3) is 6.55. The first-order valence-electron chi connectivity index (χ1n) is 13.0. The fraction of sp³-hybridized carbons (Fsp3) is 0.267. The van der Waals surface area contributed by atoms with Crippen LogP contribution in [0, 0.1) is 18.7 Å². The molecule has 4 aromatic rings. The number of rotatable bonds is 9. The van der Waals surface area contributed by atoms with E-state index in [4.69, 9.17) is 21.1 Å². The second-order valence-corrected chi connectivity index (χ2v) is 10.1. The van der Waals surface area contributed by atoms with Crippen molar-refractivity contribution in [1.29, 1.82) is 0 Å². The summed E-state index contributed by atoms with van der Waals surface area (Å²) >= 11 is 6.05. The van der Waals surface area contributed by atoms with Gasteiger partial charge in [0.15, 0.2) is 5.82 Å². The lowest BCUT2D eigenvalue weighted by Crippen LogP contribution is -2.31. The number of aromatic nitrogens is 3. The minimum atomic E-state index is -0.560. The topological polar surface area (TPSA) is 95.3 Å². The molecule has 0 amide bonds. The maximum absolute atomic E-state index is 14.0. The van der Waals surface area contributed by atoms with Crippen molar-refractivity contribution >= 4 is 29.0 Å². The largest absolute Gasteiger partial charge is 0.436 e. The van der Waals surface area contributed by atoms with E-state index in [1.165, 1.54) is 29.1 Å². The summed E-state index contributed by atoms with van der Waals surface area (Å²) in [5.74, 6) is -0.0105. The molecule has 0 saturated carbocycles. The lowest BCUT2D eigenvalue weighted by Gasteiger charge is -2.21. The molecule has 2 aromatic heterocycles. The van der Waals surface area contributed by atoms with Crippen LogP contribution in [0.1, 0.15) is 29.5 Å². The Hall–Kier alpha value is -4.08. The lowest BCUT2D eigenvalue weighted by atomic mass is 9.92. The molecule has 1 fully saturated rings. The Morgan fingerprint density at radius 2 is 1.93 bits per heavy atom. The zero-order chi connectivity index (χ0) is 28.1. The highest BCUT2D eigenvalue weighted by Crippen LogP contribution is 2.28. The minimum Gasteiger partial charge on any atom is -0.436 e. The number of hydrogen-bond donors (Lipinski definition) is 1. The highest BCUT2D eigenvalue weighted by molar-refractivity contribution is 6.30. The van der Waals surface area contributed by atoms with Gasteiger partial charge in [-0.3, -0.25) is 14.2 Å². The van der Waals surface area contributed by atoms with Crippen molar-refractivity contribution in [1.82, 2.24) is 14.5 Å². The van der Waals surface area contributed by atoms with Gasteiger partial charge < -0.3 is 14.8 Å². The first-order valence-corrected chi connectivity index (χ1v) is 13.3. The van der Waals surface area contributed by atoms with Crippen LogP contribution in [0.5, 0.6) is 11.6 Å². The van der Waals surface area contributed by atoms with Crippen molar-refractivity contribution in [2.75, 3.05) is 18.5 Å². The zero-order valence-electron chi connectivity index (χ0n) is 21.9. The first kappa shape index (κ1) is 27.5. The Morgan fingerprint density at radius 3 is 2.65 bits per heavy atom. The summed E-state index contributed by atoms with van der Waals surface area (Å²) in [6.45, 7) is 3.15. The summed E-state index contributed by atoms with van der Waals surface area (Å²) in [7, 11) is 0. The van der Waals surface area contributed by atoms with E-state index in [1.54, 1.807) is 30.3 Å². The molecule has 0 bridgehead atoms. The van der Waals surface area contributed by atoms with Gasteiger partial charge in [-0.25, -0.2) is 14.4 Å². The van der Waals surface area contributed by atoms with Gasteiger partial charge in [-0.2, -0.15) is 0 Å². The van der Waals surface area contributed by atoms with E-state index in [0.29, 0.717) is 54.0 Å². The highest BCUT2D eigenvalue weighted by Gasteiger charge is 2.23. The van der Waals surface area contributed by atoms with Crippen LogP contribution >= 0.6 is 11.6 Å². The van der Waals surface area contributed by atoms with Gasteiger partial charge in [0.05, 0.1) is 6.54 Å². The summed E-state index contributed by atoms with van der Waals surface area (Å²) in [5, 5.41) is 3.80. The van der Waals surface area contributed by atoms with E-state index in [2.05, 4.69) is 15.3 Å². The van der Waals surface area contributed by atoms with E-state index in [-0.39, 0.29) is 36.1 Å². The maximum Gasteiger partial charge on any atom is 0.258 e. The Balaban J connectivity index is 1.42. The van der Waals surface area contributed by atoms with E-state index in [1.807, 2.05) is 19.1 Å². The van der Waals surface area contributed by atoms with Crippen LogP contribution in [0.4, 0.5) is 16.0 Å².